The number of imidazole rings is 1. The van der Waals surface area contributed by atoms with Gasteiger partial charge >= 0.3 is 5.69 Å². The summed E-state index contributed by atoms with van der Waals surface area (Å²) in [7, 11) is 0. The number of fused-ring (bicyclic) bond motifs is 1. The molecule has 3 rings (SSSR count). The van der Waals surface area contributed by atoms with Crippen molar-refractivity contribution in [3.05, 3.63) is 69.1 Å². The molecule has 126 valence electrons. The van der Waals surface area contributed by atoms with Crippen LogP contribution in [0.15, 0.2) is 58.3 Å². The molecule has 0 bridgehead atoms. The highest BCUT2D eigenvalue weighted by Gasteiger charge is 2.07. The molecule has 0 aliphatic rings. The van der Waals surface area contributed by atoms with Gasteiger partial charge in [-0.1, -0.05) is 12.1 Å². The molecule has 0 atom stereocenters. The first-order valence-corrected chi connectivity index (χ1v) is 7.18. The third kappa shape index (κ3) is 3.61. The van der Waals surface area contributed by atoms with Crippen LogP contribution in [0.4, 0.5) is 5.69 Å². The molecular weight excluding hydrogens is 328 g/mol. The number of nitrogens with zero attached hydrogens (tertiary/aromatic N) is 3. The predicted molar refractivity (Wildman–Crippen MR) is 90.0 cm³/mol. The zero-order valence-electron chi connectivity index (χ0n) is 12.8. The van der Waals surface area contributed by atoms with Crippen LogP contribution in [-0.2, 0) is 4.79 Å². The Morgan fingerprint density at radius 1 is 1.24 bits per heavy atom. The van der Waals surface area contributed by atoms with Crippen LogP contribution in [-0.4, -0.2) is 33.3 Å². The number of carbonyl (C=O) groups is 1. The number of non-ortho nitro benzene ring substituents is 1. The number of hydrogen-bond acceptors (Lipinski definition) is 5. The molecule has 1 amide bonds. The summed E-state index contributed by atoms with van der Waals surface area (Å²) in [6.07, 6.45) is 1.13. The Morgan fingerprint density at radius 3 is 2.68 bits per heavy atom. The molecule has 3 aromatic rings. The second kappa shape index (κ2) is 6.79. The van der Waals surface area contributed by atoms with E-state index < -0.39 is 16.5 Å². The van der Waals surface area contributed by atoms with Crippen LogP contribution >= 0.6 is 0 Å². The molecule has 0 spiro atoms. The van der Waals surface area contributed by atoms with E-state index in [0.717, 1.165) is 6.34 Å². The summed E-state index contributed by atoms with van der Waals surface area (Å²) in [5.74, 6) is -0.297. The van der Waals surface area contributed by atoms with Crippen molar-refractivity contribution < 1.29 is 14.5 Å². The van der Waals surface area contributed by atoms with Gasteiger partial charge in [0.25, 0.3) is 11.6 Å². The first kappa shape index (κ1) is 16.1. The summed E-state index contributed by atoms with van der Waals surface area (Å²) in [4.78, 5) is 40.0. The summed E-state index contributed by atoms with van der Waals surface area (Å²) < 4.78 is 6.43. The lowest BCUT2D eigenvalue weighted by atomic mass is 10.3. The van der Waals surface area contributed by atoms with Crippen molar-refractivity contribution in [1.29, 1.82) is 0 Å². The summed E-state index contributed by atoms with van der Waals surface area (Å²) >= 11 is 0. The molecule has 2 aromatic carbocycles. The Balaban J connectivity index is 1.65. The van der Waals surface area contributed by atoms with Crippen LogP contribution in [0.25, 0.3) is 11.0 Å². The molecule has 0 aliphatic carbocycles. The fourth-order valence-corrected chi connectivity index (χ4v) is 2.16. The van der Waals surface area contributed by atoms with E-state index in [1.165, 1.54) is 28.8 Å². The van der Waals surface area contributed by atoms with Gasteiger partial charge in [-0.2, -0.15) is 4.99 Å². The van der Waals surface area contributed by atoms with E-state index in [9.17, 15) is 19.7 Å². The van der Waals surface area contributed by atoms with Gasteiger partial charge in [0.15, 0.2) is 6.61 Å². The average Bonchev–Trinajstić information content (AvgIpc) is 2.93. The van der Waals surface area contributed by atoms with Gasteiger partial charge in [0.2, 0.25) is 0 Å². The van der Waals surface area contributed by atoms with E-state index in [1.54, 1.807) is 24.3 Å². The first-order chi connectivity index (χ1) is 12.0. The highest BCUT2D eigenvalue weighted by Crippen LogP contribution is 2.17. The molecule has 25 heavy (non-hydrogen) atoms. The Bertz CT molecular complexity index is 1020. The lowest BCUT2D eigenvalue weighted by molar-refractivity contribution is -0.384. The number of aromatic amines is 1. The Kier molecular flexibility index (Phi) is 4.38. The number of nitrogens with one attached hydrogen (secondary N) is 1. The SMILES string of the molecule is O=C(COc1ccc([N+](=O)[O-])cc1)N=Cn1c(=O)[nH]c2ccccc21. The quantitative estimate of drug-likeness (QED) is 0.328. The van der Waals surface area contributed by atoms with Gasteiger partial charge in [-0.15, -0.1) is 0 Å². The molecule has 9 heteroatoms. The van der Waals surface area contributed by atoms with Crippen molar-refractivity contribution in [3.8, 4) is 5.75 Å². The maximum absolute atomic E-state index is 11.8. The van der Waals surface area contributed by atoms with Gasteiger partial charge in [-0.05, 0) is 24.3 Å². The van der Waals surface area contributed by atoms with E-state index in [1.807, 2.05) is 0 Å². The van der Waals surface area contributed by atoms with Crippen molar-refractivity contribution in [2.75, 3.05) is 6.61 Å². The number of benzene rings is 2. The number of hydrogen-bond donors (Lipinski definition) is 1. The lowest BCUT2D eigenvalue weighted by Crippen LogP contribution is -2.18. The molecule has 0 fully saturated rings. The number of H-pyrrole nitrogens is 1. The lowest BCUT2D eigenvalue weighted by Gasteiger charge is -2.02. The number of amides is 1. The average molecular weight is 340 g/mol. The minimum atomic E-state index is -0.601. The molecular formula is C16H12N4O5. The highest BCUT2D eigenvalue weighted by molar-refractivity contribution is 5.89. The summed E-state index contributed by atoms with van der Waals surface area (Å²) in [5.41, 5.74) is 0.748. The van der Waals surface area contributed by atoms with Gasteiger partial charge < -0.3 is 9.72 Å². The third-order valence-electron chi connectivity index (χ3n) is 3.35. The molecule has 1 aromatic heterocycles. The van der Waals surface area contributed by atoms with Crippen LogP contribution in [0.1, 0.15) is 0 Å². The standard InChI is InChI=1S/C16H12N4O5/c21-15(9-25-12-7-5-11(6-8-12)20(23)24)17-10-19-14-4-2-1-3-13(14)18-16(19)22/h1-8,10H,9H2,(H,18,22). The molecule has 0 saturated heterocycles. The fourth-order valence-electron chi connectivity index (χ4n) is 2.16. The van der Waals surface area contributed by atoms with Crippen LogP contribution in [0.3, 0.4) is 0 Å². The van der Waals surface area contributed by atoms with Crippen LogP contribution in [0.5, 0.6) is 5.75 Å². The smallest absolute Gasteiger partial charge is 0.331 e. The van der Waals surface area contributed by atoms with E-state index >= 15 is 0 Å². The molecule has 9 nitrogen and oxygen atoms in total. The fraction of sp³-hybridized carbons (Fsp3) is 0.0625. The second-order valence-electron chi connectivity index (χ2n) is 5.00. The normalized spacial score (nSPS) is 11.0. The number of carbonyl (C=O) groups excluding carboxylic acids is 1. The number of aliphatic imine (C=N–C) groups is 1. The number of rotatable bonds is 5. The Hall–Kier alpha value is -3.75. The number of para-hydroxylation sites is 2. The van der Waals surface area contributed by atoms with Crippen LogP contribution < -0.4 is 10.4 Å². The molecule has 0 unspecified atom stereocenters. The van der Waals surface area contributed by atoms with E-state index in [2.05, 4.69) is 9.98 Å². The topological polar surface area (TPSA) is 120 Å². The van der Waals surface area contributed by atoms with Crippen molar-refractivity contribution in [3.63, 3.8) is 0 Å². The van der Waals surface area contributed by atoms with Gasteiger partial charge in [0.1, 0.15) is 12.1 Å². The highest BCUT2D eigenvalue weighted by atomic mass is 16.6. The monoisotopic (exact) mass is 340 g/mol. The van der Waals surface area contributed by atoms with Gasteiger partial charge in [-0.3, -0.25) is 19.5 Å². The minimum absolute atomic E-state index is 0.0737. The number of nitro benzene ring substituents is 1. The summed E-state index contributed by atoms with van der Waals surface area (Å²) in [6, 6.07) is 12.3. The molecule has 0 aliphatic heterocycles. The van der Waals surface area contributed by atoms with Crippen molar-refractivity contribution >= 4 is 29.0 Å². The third-order valence-corrected chi connectivity index (χ3v) is 3.35. The minimum Gasteiger partial charge on any atom is -0.484 e. The summed E-state index contributed by atoms with van der Waals surface area (Å²) in [5, 5.41) is 10.6. The maximum atomic E-state index is 11.8. The molecule has 0 saturated carbocycles. The van der Waals surface area contributed by atoms with E-state index in [0.29, 0.717) is 16.8 Å². The zero-order chi connectivity index (χ0) is 17.8. The van der Waals surface area contributed by atoms with Gasteiger partial charge in [0.05, 0.1) is 16.0 Å². The van der Waals surface area contributed by atoms with Crippen LogP contribution in [0, 0.1) is 10.1 Å². The van der Waals surface area contributed by atoms with E-state index in [4.69, 9.17) is 4.74 Å². The number of nitro groups is 1. The van der Waals surface area contributed by atoms with Gasteiger partial charge in [-0.25, -0.2) is 4.79 Å². The van der Waals surface area contributed by atoms with Crippen LogP contribution in [0.2, 0.25) is 0 Å². The second-order valence-corrected chi connectivity index (χ2v) is 5.00. The van der Waals surface area contributed by atoms with Crippen molar-refractivity contribution in [1.82, 2.24) is 9.55 Å². The summed E-state index contributed by atoms with van der Waals surface area (Å²) in [6.45, 7) is -0.356. The van der Waals surface area contributed by atoms with Gasteiger partial charge in [0, 0.05) is 12.1 Å². The Morgan fingerprint density at radius 2 is 1.96 bits per heavy atom. The largest absolute Gasteiger partial charge is 0.484 e. The van der Waals surface area contributed by atoms with E-state index in [-0.39, 0.29) is 12.3 Å². The Labute approximate surface area is 140 Å². The van der Waals surface area contributed by atoms with Crippen molar-refractivity contribution in [2.24, 2.45) is 4.99 Å². The molecule has 0 radical (unpaired) electrons. The number of ether oxygens (including phenoxy) is 1. The maximum Gasteiger partial charge on any atom is 0.331 e. The number of aromatic nitrogens is 2. The molecule has 1 heterocycles. The van der Waals surface area contributed by atoms with Crippen molar-refractivity contribution in [2.45, 2.75) is 0 Å². The molecule has 1 N–H and O–H groups in total. The zero-order valence-corrected chi connectivity index (χ0v) is 12.8. The first-order valence-electron chi connectivity index (χ1n) is 7.18. The predicted octanol–water partition coefficient (Wildman–Crippen LogP) is 1.72.